The lowest BCUT2D eigenvalue weighted by atomic mass is 9.86. The number of rotatable bonds is 10. The molecule has 43 heavy (non-hydrogen) atoms. The summed E-state index contributed by atoms with van der Waals surface area (Å²) in [7, 11) is 0. The zero-order valence-electron chi connectivity index (χ0n) is 24.4. The summed E-state index contributed by atoms with van der Waals surface area (Å²) in [5.74, 6) is -1.13. The van der Waals surface area contributed by atoms with Crippen LogP contribution in [0.2, 0.25) is 0 Å². The minimum Gasteiger partial charge on any atom is -0.349 e. The van der Waals surface area contributed by atoms with Crippen molar-refractivity contribution < 1.29 is 19.2 Å². The third-order valence-electron chi connectivity index (χ3n) is 9.14. The molecule has 4 heterocycles. The van der Waals surface area contributed by atoms with E-state index in [2.05, 4.69) is 32.2 Å². The van der Waals surface area contributed by atoms with E-state index in [0.29, 0.717) is 32.2 Å². The van der Waals surface area contributed by atoms with Crippen LogP contribution in [-0.2, 0) is 32.1 Å². The number of carbonyl (C=O) groups excluding carboxylic acids is 4. The first-order chi connectivity index (χ1) is 20.8. The van der Waals surface area contributed by atoms with Gasteiger partial charge in [0.1, 0.15) is 18.1 Å². The normalized spacial score (nSPS) is 24.2. The van der Waals surface area contributed by atoms with Crippen LogP contribution in [0.5, 0.6) is 0 Å². The average molecular weight is 603 g/mol. The predicted molar refractivity (Wildman–Crippen MR) is 165 cm³/mol. The Bertz CT molecular complexity index is 1570. The Morgan fingerprint density at radius 3 is 2.77 bits per heavy atom. The zero-order chi connectivity index (χ0) is 30.1. The molecule has 10 nitrogen and oxygen atoms in total. The number of aromatic amines is 2. The van der Waals surface area contributed by atoms with Crippen LogP contribution in [0, 0.1) is 11.8 Å². The third-order valence-corrected chi connectivity index (χ3v) is 10.1. The molecule has 2 aromatic heterocycles. The largest absolute Gasteiger partial charge is 0.349 e. The number of amides is 4. The Balaban J connectivity index is 1.17. The molecule has 4 amide bonds. The summed E-state index contributed by atoms with van der Waals surface area (Å²) in [4.78, 5) is 56.1. The van der Waals surface area contributed by atoms with Gasteiger partial charge in [-0.3, -0.25) is 19.2 Å². The summed E-state index contributed by atoms with van der Waals surface area (Å²) in [5, 5.41) is 17.6. The van der Waals surface area contributed by atoms with Crippen molar-refractivity contribution in [3.8, 4) is 0 Å². The van der Waals surface area contributed by atoms with E-state index in [-0.39, 0.29) is 47.9 Å². The number of fused-ring (bicyclic) bond motifs is 1. The second-order valence-corrected chi connectivity index (χ2v) is 12.8. The van der Waals surface area contributed by atoms with E-state index < -0.39 is 18.1 Å². The van der Waals surface area contributed by atoms with E-state index in [1.165, 1.54) is 0 Å². The van der Waals surface area contributed by atoms with Crippen LogP contribution in [-0.4, -0.2) is 62.9 Å². The second-order valence-electron chi connectivity index (χ2n) is 11.9. The first kappa shape index (κ1) is 29.0. The Labute approximate surface area is 254 Å². The van der Waals surface area contributed by atoms with Gasteiger partial charge in [-0.1, -0.05) is 56.7 Å². The lowest BCUT2D eigenvalue weighted by molar-refractivity contribution is -0.143. The van der Waals surface area contributed by atoms with Gasteiger partial charge in [0.05, 0.1) is 24.7 Å². The Morgan fingerprint density at radius 2 is 2.00 bits per heavy atom. The standard InChI is InChI=1S/C32H38N6O4S/c1-3-18(2)28(36-27(39)14-21-17-43-26-10-5-4-9-23(21)26)31(41)35-24-12-11-19-7-6-8-20-13-25(38(29(19)20)32(24)42)30(40)33-15-22-16-34-37-22/h4-10,16-19,24-25,28-29,34,37H,3,11-15H2,1-2H3,(H,33,40)(H,35,41)(H,36,39). The topological polar surface area (TPSA) is 139 Å². The fourth-order valence-electron chi connectivity index (χ4n) is 6.55. The maximum atomic E-state index is 14.1. The van der Waals surface area contributed by atoms with Crippen LogP contribution in [0.15, 0.2) is 59.6 Å². The van der Waals surface area contributed by atoms with Gasteiger partial charge >= 0.3 is 0 Å². The molecule has 0 bridgehead atoms. The van der Waals surface area contributed by atoms with Gasteiger partial charge in [-0.25, -0.2) is 0 Å². The average Bonchev–Trinajstić information content (AvgIpc) is 3.54. The minimum atomic E-state index is -0.786. The van der Waals surface area contributed by atoms with Crippen molar-refractivity contribution >= 4 is 45.1 Å². The highest BCUT2D eigenvalue weighted by Gasteiger charge is 2.50. The summed E-state index contributed by atoms with van der Waals surface area (Å²) >= 11 is 1.59. The van der Waals surface area contributed by atoms with E-state index >= 15 is 0 Å². The Hall–Kier alpha value is -4.12. The highest BCUT2D eigenvalue weighted by molar-refractivity contribution is 7.17. The molecule has 6 atom stereocenters. The summed E-state index contributed by atoms with van der Waals surface area (Å²) in [6.45, 7) is 4.25. The highest BCUT2D eigenvalue weighted by Crippen LogP contribution is 2.41. The van der Waals surface area contributed by atoms with Crippen LogP contribution in [0.4, 0.5) is 0 Å². The maximum absolute atomic E-state index is 14.1. The summed E-state index contributed by atoms with van der Waals surface area (Å²) in [6, 6.07) is 5.54. The van der Waals surface area contributed by atoms with Crippen molar-refractivity contribution in [2.45, 2.75) is 76.7 Å². The van der Waals surface area contributed by atoms with Gasteiger partial charge in [-0.15, -0.1) is 11.3 Å². The molecule has 0 spiro atoms. The molecule has 2 aliphatic heterocycles. The van der Waals surface area contributed by atoms with E-state index in [1.807, 2.05) is 55.6 Å². The molecular formula is C32H38N6O4S. The third kappa shape index (κ3) is 5.78. The molecule has 11 heteroatoms. The van der Waals surface area contributed by atoms with Crippen molar-refractivity contribution in [2.75, 3.05) is 0 Å². The number of H-pyrrole nitrogens is 2. The van der Waals surface area contributed by atoms with Crippen LogP contribution >= 0.6 is 11.3 Å². The fraction of sp³-hybridized carbons (Fsp3) is 0.438. The first-order valence-electron chi connectivity index (χ1n) is 15.1. The summed E-state index contributed by atoms with van der Waals surface area (Å²) in [6.07, 6.45) is 10.4. The molecule has 3 aliphatic rings. The van der Waals surface area contributed by atoms with E-state index in [9.17, 15) is 19.2 Å². The van der Waals surface area contributed by atoms with Gasteiger partial charge in [0.25, 0.3) is 0 Å². The number of thiophene rings is 1. The first-order valence-corrected chi connectivity index (χ1v) is 15.9. The highest BCUT2D eigenvalue weighted by atomic mass is 32.1. The van der Waals surface area contributed by atoms with Crippen molar-refractivity contribution in [2.24, 2.45) is 11.8 Å². The van der Waals surface area contributed by atoms with Gasteiger partial charge < -0.3 is 31.0 Å². The number of carbonyl (C=O) groups is 4. The molecule has 3 aromatic rings. The molecule has 226 valence electrons. The van der Waals surface area contributed by atoms with Gasteiger partial charge in [0.15, 0.2) is 0 Å². The molecule has 0 radical (unpaired) electrons. The molecule has 2 fully saturated rings. The van der Waals surface area contributed by atoms with Gasteiger partial charge in [0.2, 0.25) is 23.6 Å². The van der Waals surface area contributed by atoms with Crippen molar-refractivity contribution in [3.05, 3.63) is 70.9 Å². The van der Waals surface area contributed by atoms with Crippen LogP contribution in [0.3, 0.4) is 0 Å². The van der Waals surface area contributed by atoms with E-state index in [1.54, 1.807) is 22.4 Å². The van der Waals surface area contributed by atoms with Gasteiger partial charge in [-0.05, 0) is 46.7 Å². The molecule has 1 aliphatic carbocycles. The lowest BCUT2D eigenvalue weighted by Gasteiger charge is -2.34. The molecule has 0 saturated carbocycles. The predicted octanol–water partition coefficient (Wildman–Crippen LogP) is 3.31. The number of nitrogens with zero attached hydrogens (tertiary/aromatic N) is 1. The summed E-state index contributed by atoms with van der Waals surface area (Å²) in [5.41, 5.74) is 2.86. The number of hydrogen-bond acceptors (Lipinski definition) is 5. The number of nitrogens with one attached hydrogen (secondary N) is 5. The van der Waals surface area contributed by atoms with Crippen molar-refractivity contribution in [3.63, 3.8) is 0 Å². The minimum absolute atomic E-state index is 0.0781. The molecule has 1 aromatic carbocycles. The van der Waals surface area contributed by atoms with Crippen LogP contribution in [0.25, 0.3) is 10.1 Å². The maximum Gasteiger partial charge on any atom is 0.246 e. The lowest BCUT2D eigenvalue weighted by Crippen LogP contribution is -2.58. The van der Waals surface area contributed by atoms with Crippen LogP contribution in [0.1, 0.15) is 50.8 Å². The Kier molecular flexibility index (Phi) is 8.25. The Morgan fingerprint density at radius 1 is 1.19 bits per heavy atom. The molecule has 5 N–H and O–H groups in total. The SMILES string of the molecule is CCC(C)C(NC(=O)Cc1csc2ccccc12)C(=O)NC1CCC2C=CC=C3CC(C(=O)NCc4c[nH][nH]4)N(C1=O)C32. The molecule has 6 rings (SSSR count). The monoisotopic (exact) mass is 602 g/mol. The zero-order valence-corrected chi connectivity index (χ0v) is 25.2. The number of aromatic nitrogens is 2. The molecule has 2 saturated heterocycles. The quantitative estimate of drug-likeness (QED) is 0.243. The molecular weight excluding hydrogens is 564 g/mol. The molecule has 6 unspecified atom stereocenters. The van der Waals surface area contributed by atoms with Gasteiger partial charge in [0, 0.05) is 23.2 Å². The number of allylic oxidation sites excluding steroid dienone is 2. The van der Waals surface area contributed by atoms with Gasteiger partial charge in [-0.2, -0.15) is 0 Å². The number of hydrogen-bond donors (Lipinski definition) is 5. The smallest absolute Gasteiger partial charge is 0.246 e. The van der Waals surface area contributed by atoms with Crippen molar-refractivity contribution in [1.29, 1.82) is 0 Å². The van der Waals surface area contributed by atoms with E-state index in [4.69, 9.17) is 0 Å². The summed E-state index contributed by atoms with van der Waals surface area (Å²) < 4.78 is 1.12. The second kappa shape index (κ2) is 12.2. The fourth-order valence-corrected chi connectivity index (χ4v) is 7.51. The van der Waals surface area contributed by atoms with E-state index in [0.717, 1.165) is 26.9 Å². The van der Waals surface area contributed by atoms with Crippen molar-refractivity contribution in [1.82, 2.24) is 31.0 Å². The van der Waals surface area contributed by atoms with Crippen LogP contribution < -0.4 is 16.0 Å². The number of benzene rings is 1.